The van der Waals surface area contributed by atoms with Crippen LogP contribution in [-0.2, 0) is 29.0 Å². The van der Waals surface area contributed by atoms with Gasteiger partial charge in [0.2, 0.25) is 0 Å². The summed E-state index contributed by atoms with van der Waals surface area (Å²) >= 11 is 3.00. The van der Waals surface area contributed by atoms with E-state index in [1.807, 2.05) is 54.6 Å². The Morgan fingerprint density at radius 2 is 1.71 bits per heavy atom. The normalized spacial score (nSPS) is 12.9. The Morgan fingerprint density at radius 3 is 2.48 bits per heavy atom. The third-order valence-corrected chi connectivity index (χ3v) is 8.52. The largest absolute Gasteiger partial charge is 0.445 e. The lowest BCUT2D eigenvalue weighted by Crippen LogP contribution is -2.39. The molecule has 220 valence electrons. The minimum absolute atomic E-state index is 0.209. The molecule has 5 rings (SSSR count). The molecule has 2 aromatic carbocycles. The Morgan fingerprint density at radius 1 is 0.976 bits per heavy atom. The SMILES string of the molecule is CC(C)(C)OC(=O)NCCNC(=O)Nc1sc2c(c1-c1nc3ccccc3s1)CCN(C(=O)OCc1ccccc1)C2. The highest BCUT2D eigenvalue weighted by Crippen LogP contribution is 2.45. The van der Waals surface area contributed by atoms with Crippen LogP contribution in [0.25, 0.3) is 20.8 Å². The fourth-order valence-corrected chi connectivity index (χ4v) is 6.83. The van der Waals surface area contributed by atoms with Crippen molar-refractivity contribution in [3.63, 3.8) is 0 Å². The molecule has 0 saturated heterocycles. The van der Waals surface area contributed by atoms with Crippen LogP contribution in [0, 0.1) is 0 Å². The first-order valence-corrected chi connectivity index (χ1v) is 15.3. The predicted molar refractivity (Wildman–Crippen MR) is 165 cm³/mol. The van der Waals surface area contributed by atoms with Crippen molar-refractivity contribution >= 4 is 56.1 Å². The molecule has 3 N–H and O–H groups in total. The molecule has 4 amide bonds. The number of ether oxygens (including phenoxy) is 2. The van der Waals surface area contributed by atoms with Crippen molar-refractivity contribution in [3.05, 3.63) is 70.6 Å². The van der Waals surface area contributed by atoms with E-state index in [1.54, 1.807) is 37.0 Å². The standard InChI is InChI=1S/C30H33N5O5S2/c1-30(2,3)40-28(37)32-15-14-31-27(36)34-26-24(25-33-21-11-7-8-12-22(21)41-25)20-13-16-35(17-23(20)42-26)29(38)39-18-19-9-5-4-6-10-19/h4-12H,13-18H2,1-3H3,(H,32,37)(H2,31,34,36). The van der Waals surface area contributed by atoms with E-state index in [9.17, 15) is 14.4 Å². The molecule has 12 heteroatoms. The van der Waals surface area contributed by atoms with Gasteiger partial charge in [-0.15, -0.1) is 22.7 Å². The molecule has 0 bridgehead atoms. The number of rotatable bonds is 7. The number of fused-ring (bicyclic) bond motifs is 2. The minimum Gasteiger partial charge on any atom is -0.445 e. The van der Waals surface area contributed by atoms with Crippen LogP contribution < -0.4 is 16.0 Å². The number of hydrogen-bond donors (Lipinski definition) is 3. The van der Waals surface area contributed by atoms with E-state index in [2.05, 4.69) is 16.0 Å². The zero-order valence-electron chi connectivity index (χ0n) is 23.7. The first-order valence-electron chi connectivity index (χ1n) is 13.6. The molecule has 0 fully saturated rings. The van der Waals surface area contributed by atoms with E-state index < -0.39 is 17.7 Å². The highest BCUT2D eigenvalue weighted by atomic mass is 32.1. The highest BCUT2D eigenvalue weighted by Gasteiger charge is 2.30. The molecule has 4 aromatic rings. The summed E-state index contributed by atoms with van der Waals surface area (Å²) in [6.07, 6.45) is -0.300. The average Bonchev–Trinajstić information content (AvgIpc) is 3.53. The minimum atomic E-state index is -0.599. The number of thiazole rings is 1. The van der Waals surface area contributed by atoms with Gasteiger partial charge in [-0.2, -0.15) is 0 Å². The zero-order valence-corrected chi connectivity index (χ0v) is 25.3. The van der Waals surface area contributed by atoms with Crippen LogP contribution in [-0.4, -0.2) is 53.3 Å². The number of carbonyl (C=O) groups excluding carboxylic acids is 3. The molecule has 0 aliphatic carbocycles. The van der Waals surface area contributed by atoms with Crippen molar-refractivity contribution in [2.45, 2.75) is 45.9 Å². The van der Waals surface area contributed by atoms with Crippen molar-refractivity contribution in [2.75, 3.05) is 25.0 Å². The summed E-state index contributed by atoms with van der Waals surface area (Å²) in [4.78, 5) is 45.2. The third-order valence-electron chi connectivity index (χ3n) is 6.33. The van der Waals surface area contributed by atoms with E-state index in [0.29, 0.717) is 24.5 Å². The Balaban J connectivity index is 1.29. The highest BCUT2D eigenvalue weighted by molar-refractivity contribution is 7.22. The molecule has 0 unspecified atom stereocenters. The van der Waals surface area contributed by atoms with Crippen LogP contribution >= 0.6 is 22.7 Å². The number of para-hydroxylation sites is 1. The zero-order chi connectivity index (χ0) is 29.7. The number of nitrogens with one attached hydrogen (secondary N) is 3. The van der Waals surface area contributed by atoms with Gasteiger partial charge < -0.3 is 25.0 Å². The number of benzene rings is 2. The Kier molecular flexibility index (Phi) is 8.93. The van der Waals surface area contributed by atoms with Crippen LogP contribution in [0.2, 0.25) is 0 Å². The second-order valence-electron chi connectivity index (χ2n) is 10.7. The van der Waals surface area contributed by atoms with Gasteiger partial charge in [-0.1, -0.05) is 42.5 Å². The Bertz CT molecular complexity index is 1540. The van der Waals surface area contributed by atoms with Crippen molar-refractivity contribution in [3.8, 4) is 10.6 Å². The number of nitrogens with zero attached hydrogens (tertiary/aromatic N) is 2. The van der Waals surface area contributed by atoms with E-state index in [0.717, 1.165) is 36.8 Å². The fourth-order valence-electron chi connectivity index (χ4n) is 4.47. The number of hydrogen-bond acceptors (Lipinski definition) is 8. The maximum Gasteiger partial charge on any atom is 0.410 e. The summed E-state index contributed by atoms with van der Waals surface area (Å²) in [6, 6.07) is 17.1. The van der Waals surface area contributed by atoms with Crippen LogP contribution in [0.3, 0.4) is 0 Å². The van der Waals surface area contributed by atoms with Gasteiger partial charge in [-0.05, 0) is 50.5 Å². The second-order valence-corrected chi connectivity index (χ2v) is 12.9. The second kappa shape index (κ2) is 12.8. The molecule has 3 heterocycles. The number of carbonyl (C=O) groups is 3. The molecular weight excluding hydrogens is 574 g/mol. The van der Waals surface area contributed by atoms with Crippen LogP contribution in [0.4, 0.5) is 19.4 Å². The number of anilines is 1. The van der Waals surface area contributed by atoms with Gasteiger partial charge in [0.15, 0.2) is 0 Å². The van der Waals surface area contributed by atoms with Gasteiger partial charge in [0.25, 0.3) is 0 Å². The monoisotopic (exact) mass is 607 g/mol. The maximum absolute atomic E-state index is 12.9. The topological polar surface area (TPSA) is 122 Å². The maximum atomic E-state index is 12.9. The van der Waals surface area contributed by atoms with Crippen LogP contribution in [0.1, 0.15) is 36.8 Å². The van der Waals surface area contributed by atoms with Gasteiger partial charge in [0.1, 0.15) is 22.2 Å². The van der Waals surface area contributed by atoms with E-state index in [4.69, 9.17) is 14.5 Å². The molecule has 0 spiro atoms. The van der Waals surface area contributed by atoms with Gasteiger partial charge in [-0.25, -0.2) is 19.4 Å². The third kappa shape index (κ3) is 7.37. The first-order chi connectivity index (χ1) is 20.2. The molecule has 0 atom stereocenters. The molecule has 10 nitrogen and oxygen atoms in total. The van der Waals surface area contributed by atoms with Crippen molar-refractivity contribution in [2.24, 2.45) is 0 Å². The molecule has 1 aliphatic rings. The van der Waals surface area contributed by atoms with E-state index in [1.165, 1.54) is 11.3 Å². The molecule has 0 saturated carbocycles. The van der Waals surface area contributed by atoms with Crippen molar-refractivity contribution < 1.29 is 23.9 Å². The predicted octanol–water partition coefficient (Wildman–Crippen LogP) is 6.37. The molecule has 0 radical (unpaired) electrons. The van der Waals surface area contributed by atoms with Crippen molar-refractivity contribution in [1.82, 2.24) is 20.5 Å². The summed E-state index contributed by atoms with van der Waals surface area (Å²) in [6.45, 7) is 6.88. The first kappa shape index (κ1) is 29.3. The molecular formula is C30H33N5O5S2. The Labute approximate surface area is 252 Å². The number of alkyl carbamates (subject to hydrolysis) is 1. The summed E-state index contributed by atoms with van der Waals surface area (Å²) < 4.78 is 11.8. The smallest absolute Gasteiger partial charge is 0.410 e. The lowest BCUT2D eigenvalue weighted by molar-refractivity contribution is 0.0528. The summed E-state index contributed by atoms with van der Waals surface area (Å²) in [5, 5.41) is 9.87. The van der Waals surface area contributed by atoms with E-state index in [-0.39, 0.29) is 25.8 Å². The summed E-state index contributed by atoms with van der Waals surface area (Å²) in [5.74, 6) is 0. The van der Waals surface area contributed by atoms with Crippen LogP contribution in [0.5, 0.6) is 0 Å². The van der Waals surface area contributed by atoms with Gasteiger partial charge in [0.05, 0.1) is 16.8 Å². The fraction of sp³-hybridized carbons (Fsp3) is 0.333. The van der Waals surface area contributed by atoms with Crippen molar-refractivity contribution in [1.29, 1.82) is 0 Å². The van der Waals surface area contributed by atoms with E-state index >= 15 is 0 Å². The molecule has 42 heavy (non-hydrogen) atoms. The van der Waals surface area contributed by atoms with Gasteiger partial charge in [-0.3, -0.25) is 5.32 Å². The lowest BCUT2D eigenvalue weighted by atomic mass is 10.0. The van der Waals surface area contributed by atoms with Crippen LogP contribution in [0.15, 0.2) is 54.6 Å². The number of urea groups is 1. The number of amides is 4. The summed E-state index contributed by atoms with van der Waals surface area (Å²) in [7, 11) is 0. The number of aromatic nitrogens is 1. The lowest BCUT2D eigenvalue weighted by Gasteiger charge is -2.26. The Hall–Kier alpha value is -4.16. The summed E-state index contributed by atoms with van der Waals surface area (Å²) in [5.41, 5.74) is 3.18. The molecule has 2 aromatic heterocycles. The average molecular weight is 608 g/mol. The van der Waals surface area contributed by atoms with Gasteiger partial charge >= 0.3 is 18.2 Å². The number of thiophene rings is 1. The quantitative estimate of drug-likeness (QED) is 0.210. The van der Waals surface area contributed by atoms with Gasteiger partial charge in [0, 0.05) is 30.1 Å². The molecule has 1 aliphatic heterocycles.